The van der Waals surface area contributed by atoms with Crippen molar-refractivity contribution in [2.45, 2.75) is 32.7 Å². The molecule has 3 rings (SSSR count). The second-order valence-corrected chi connectivity index (χ2v) is 9.90. The van der Waals surface area contributed by atoms with E-state index in [0.717, 1.165) is 22.3 Å². The number of para-hydroxylation sites is 1. The van der Waals surface area contributed by atoms with E-state index in [-0.39, 0.29) is 24.9 Å². The average Bonchev–Trinajstić information content (AvgIpc) is 2.76. The largest absolute Gasteiger partial charge is 0.345 e. The van der Waals surface area contributed by atoms with E-state index >= 15 is 0 Å². The number of benzene rings is 3. The van der Waals surface area contributed by atoms with Crippen molar-refractivity contribution in [3.63, 3.8) is 0 Å². The quantitative estimate of drug-likeness (QED) is 0.511. The number of amides is 1. The zero-order valence-electron chi connectivity index (χ0n) is 18.8. The lowest BCUT2D eigenvalue weighted by molar-refractivity contribution is -0.121. The molecule has 0 spiro atoms. The smallest absolute Gasteiger partial charge is 0.232 e. The van der Waals surface area contributed by atoms with Crippen molar-refractivity contribution in [1.29, 1.82) is 0 Å². The van der Waals surface area contributed by atoms with Gasteiger partial charge < -0.3 is 5.32 Å². The van der Waals surface area contributed by atoms with E-state index in [0.29, 0.717) is 12.1 Å². The molecular weight excluding hydrogens is 420 g/mol. The van der Waals surface area contributed by atoms with Crippen molar-refractivity contribution in [2.24, 2.45) is 0 Å². The van der Waals surface area contributed by atoms with Gasteiger partial charge in [0.1, 0.15) is 0 Å². The molecule has 0 unspecified atom stereocenters. The highest BCUT2D eigenvalue weighted by Crippen LogP contribution is 2.25. The molecule has 0 bridgehead atoms. The Hall–Kier alpha value is -3.12. The van der Waals surface area contributed by atoms with Crippen LogP contribution < -0.4 is 9.62 Å². The van der Waals surface area contributed by atoms with Crippen molar-refractivity contribution < 1.29 is 13.2 Å². The summed E-state index contributed by atoms with van der Waals surface area (Å²) < 4.78 is 26.1. The lowest BCUT2D eigenvalue weighted by Gasteiger charge is -2.25. The van der Waals surface area contributed by atoms with Gasteiger partial charge in [0, 0.05) is 13.0 Å². The van der Waals surface area contributed by atoms with Gasteiger partial charge in [-0.05, 0) is 48.6 Å². The Labute approximate surface area is 191 Å². The maximum atomic E-state index is 12.9. The van der Waals surface area contributed by atoms with Crippen LogP contribution in [0.4, 0.5) is 5.69 Å². The zero-order valence-corrected chi connectivity index (χ0v) is 19.6. The van der Waals surface area contributed by atoms with Gasteiger partial charge in [0.2, 0.25) is 15.9 Å². The molecule has 168 valence electrons. The van der Waals surface area contributed by atoms with E-state index in [2.05, 4.69) is 5.32 Å². The molecule has 1 amide bonds. The number of carbonyl (C=O) groups is 1. The molecule has 0 saturated heterocycles. The first-order valence-electron chi connectivity index (χ1n) is 10.7. The van der Waals surface area contributed by atoms with Crippen LogP contribution in [0.25, 0.3) is 0 Å². The van der Waals surface area contributed by atoms with Gasteiger partial charge in [-0.25, -0.2) is 8.42 Å². The molecular formula is C26H30N2O3S. The molecule has 0 aliphatic rings. The van der Waals surface area contributed by atoms with Gasteiger partial charge in [0.15, 0.2) is 0 Å². The highest BCUT2D eigenvalue weighted by Gasteiger charge is 2.21. The van der Waals surface area contributed by atoms with Gasteiger partial charge in [-0.2, -0.15) is 0 Å². The number of carbonyl (C=O) groups excluding carboxylic acids is 1. The molecule has 0 heterocycles. The molecule has 32 heavy (non-hydrogen) atoms. The number of hydrogen-bond acceptors (Lipinski definition) is 3. The fourth-order valence-corrected chi connectivity index (χ4v) is 4.84. The van der Waals surface area contributed by atoms with Gasteiger partial charge in [-0.15, -0.1) is 0 Å². The number of aryl methyl sites for hydroxylation is 2. The van der Waals surface area contributed by atoms with E-state index in [9.17, 15) is 13.2 Å². The zero-order chi connectivity index (χ0) is 23.1. The first kappa shape index (κ1) is 23.5. The summed E-state index contributed by atoms with van der Waals surface area (Å²) in [5, 5.41) is 3.15. The van der Waals surface area contributed by atoms with E-state index in [4.69, 9.17) is 0 Å². The van der Waals surface area contributed by atoms with E-state index in [1.54, 1.807) is 6.07 Å². The fraction of sp³-hybridized carbons (Fsp3) is 0.269. The maximum absolute atomic E-state index is 12.9. The van der Waals surface area contributed by atoms with Gasteiger partial charge in [-0.3, -0.25) is 9.10 Å². The summed E-state index contributed by atoms with van der Waals surface area (Å²) in [5.41, 5.74) is 4.69. The molecule has 0 aromatic heterocycles. The Bertz CT molecular complexity index is 1160. The number of hydrogen-bond donors (Lipinski definition) is 1. The summed E-state index contributed by atoms with van der Waals surface area (Å²) in [5.74, 6) is -0.111. The third-order valence-corrected chi connectivity index (χ3v) is 6.67. The minimum Gasteiger partial charge on any atom is -0.345 e. The first-order chi connectivity index (χ1) is 15.3. The van der Waals surface area contributed by atoms with Gasteiger partial charge in [-0.1, -0.05) is 72.8 Å². The Kier molecular flexibility index (Phi) is 7.70. The molecule has 5 nitrogen and oxygen atoms in total. The van der Waals surface area contributed by atoms with Crippen LogP contribution in [-0.2, 0) is 14.8 Å². The van der Waals surface area contributed by atoms with Crippen molar-refractivity contribution in [2.75, 3.05) is 17.1 Å². The van der Waals surface area contributed by atoms with Crippen LogP contribution in [0.2, 0.25) is 0 Å². The first-order valence-corrected chi connectivity index (χ1v) is 12.6. The molecule has 3 aromatic rings. The molecule has 1 N–H and O–H groups in total. The molecule has 0 radical (unpaired) electrons. The van der Waals surface area contributed by atoms with Gasteiger partial charge in [0.05, 0.1) is 18.0 Å². The molecule has 0 aliphatic heterocycles. The predicted molar refractivity (Wildman–Crippen MR) is 130 cm³/mol. The van der Waals surface area contributed by atoms with Crippen molar-refractivity contribution in [3.05, 3.63) is 101 Å². The summed E-state index contributed by atoms with van der Waals surface area (Å²) in [4.78, 5) is 12.9. The maximum Gasteiger partial charge on any atom is 0.232 e. The van der Waals surface area contributed by atoms with E-state index in [1.807, 2.05) is 86.6 Å². The van der Waals surface area contributed by atoms with Crippen LogP contribution in [0, 0.1) is 13.8 Å². The van der Waals surface area contributed by atoms with Crippen LogP contribution in [0.15, 0.2) is 78.9 Å². The molecule has 1 atom stereocenters. The minimum atomic E-state index is -3.45. The summed E-state index contributed by atoms with van der Waals surface area (Å²) in [6.07, 6.45) is 1.85. The highest BCUT2D eigenvalue weighted by molar-refractivity contribution is 7.92. The number of nitrogens with one attached hydrogen (secondary N) is 1. The van der Waals surface area contributed by atoms with Crippen LogP contribution in [-0.4, -0.2) is 27.1 Å². The molecule has 0 fully saturated rings. The average molecular weight is 451 g/mol. The van der Waals surface area contributed by atoms with Gasteiger partial charge in [0.25, 0.3) is 0 Å². The Balaban J connectivity index is 1.71. The molecule has 3 aromatic carbocycles. The van der Waals surface area contributed by atoms with Crippen molar-refractivity contribution in [1.82, 2.24) is 5.32 Å². The molecule has 6 heteroatoms. The lowest BCUT2D eigenvalue weighted by Crippen LogP contribution is -2.33. The number of nitrogens with zero attached hydrogens (tertiary/aromatic N) is 1. The van der Waals surface area contributed by atoms with Crippen molar-refractivity contribution >= 4 is 21.6 Å². The third-order valence-electron chi connectivity index (χ3n) is 5.49. The standard InChI is InChI=1S/C26H30N2O3S/c1-20-12-7-9-16-23(20)26(22-14-5-4-6-15-22)27-25(29)18-11-19-28(32(3,30)31)24-17-10-8-13-21(24)2/h4-10,12-17,26H,11,18-19H2,1-3H3,(H,27,29)/t26-/m1/s1. The van der Waals surface area contributed by atoms with Crippen LogP contribution in [0.1, 0.15) is 41.1 Å². The normalized spacial score (nSPS) is 12.2. The number of anilines is 1. The molecule has 0 saturated carbocycles. The number of rotatable bonds is 9. The summed E-state index contributed by atoms with van der Waals surface area (Å²) in [6.45, 7) is 4.16. The Morgan fingerprint density at radius 1 is 0.875 bits per heavy atom. The highest BCUT2D eigenvalue weighted by atomic mass is 32.2. The fourth-order valence-electron chi connectivity index (χ4n) is 3.82. The van der Waals surface area contributed by atoms with E-state index < -0.39 is 10.0 Å². The SMILES string of the molecule is Cc1ccccc1[C@H](NC(=O)CCCN(c1ccccc1C)S(C)(=O)=O)c1ccccc1. The minimum absolute atomic E-state index is 0.111. The van der Waals surface area contributed by atoms with E-state index in [1.165, 1.54) is 10.6 Å². The summed E-state index contributed by atoms with van der Waals surface area (Å²) in [6, 6.07) is 25.0. The van der Waals surface area contributed by atoms with Crippen LogP contribution >= 0.6 is 0 Å². The lowest BCUT2D eigenvalue weighted by atomic mass is 9.95. The summed E-state index contributed by atoms with van der Waals surface area (Å²) >= 11 is 0. The Morgan fingerprint density at radius 2 is 1.47 bits per heavy atom. The Morgan fingerprint density at radius 3 is 2.09 bits per heavy atom. The van der Waals surface area contributed by atoms with Crippen molar-refractivity contribution in [3.8, 4) is 0 Å². The van der Waals surface area contributed by atoms with Crippen LogP contribution in [0.3, 0.4) is 0 Å². The number of sulfonamides is 1. The molecule has 0 aliphatic carbocycles. The predicted octanol–water partition coefficient (Wildman–Crippen LogP) is 4.76. The second kappa shape index (κ2) is 10.5. The summed E-state index contributed by atoms with van der Waals surface area (Å²) in [7, 11) is -3.45. The third kappa shape index (κ3) is 5.98. The van der Waals surface area contributed by atoms with Crippen LogP contribution in [0.5, 0.6) is 0 Å². The second-order valence-electron chi connectivity index (χ2n) is 7.99. The topological polar surface area (TPSA) is 66.5 Å². The monoisotopic (exact) mass is 450 g/mol. The van der Waals surface area contributed by atoms with Gasteiger partial charge >= 0.3 is 0 Å².